The summed E-state index contributed by atoms with van der Waals surface area (Å²) in [6.07, 6.45) is 2.90. The number of halogens is 1. The zero-order valence-corrected chi connectivity index (χ0v) is 10.8. The molecule has 0 aromatic heterocycles. The Hall–Kier alpha value is -2.37. The van der Waals surface area contributed by atoms with Gasteiger partial charge in [-0.2, -0.15) is 0 Å². The number of aliphatic carboxylic acids is 1. The van der Waals surface area contributed by atoms with Crippen LogP contribution in [0.4, 0.5) is 10.1 Å². The first-order chi connectivity index (χ1) is 9.47. The summed E-state index contributed by atoms with van der Waals surface area (Å²) in [6, 6.07) is 4.49. The summed E-state index contributed by atoms with van der Waals surface area (Å²) in [4.78, 5) is 23.3. The molecule has 1 fully saturated rings. The van der Waals surface area contributed by atoms with Crippen molar-refractivity contribution in [3.05, 3.63) is 35.7 Å². The van der Waals surface area contributed by atoms with Crippen LogP contribution in [0, 0.1) is 11.7 Å². The molecule has 1 amide bonds. The number of carboxylic acid groups (broad SMARTS) is 1. The van der Waals surface area contributed by atoms with E-state index in [-0.39, 0.29) is 11.8 Å². The van der Waals surface area contributed by atoms with Crippen molar-refractivity contribution in [2.75, 3.05) is 18.0 Å². The van der Waals surface area contributed by atoms with Crippen LogP contribution in [0.1, 0.15) is 12.0 Å². The molecule has 1 saturated heterocycles. The van der Waals surface area contributed by atoms with Crippen LogP contribution in [0.2, 0.25) is 0 Å². The average molecular weight is 278 g/mol. The van der Waals surface area contributed by atoms with E-state index in [9.17, 15) is 14.0 Å². The van der Waals surface area contributed by atoms with Crippen molar-refractivity contribution in [3.63, 3.8) is 0 Å². The van der Waals surface area contributed by atoms with E-state index in [2.05, 4.69) is 0 Å². The minimum Gasteiger partial charge on any atom is -0.478 e. The molecule has 3 N–H and O–H groups in total. The van der Waals surface area contributed by atoms with Gasteiger partial charge in [-0.25, -0.2) is 9.18 Å². The van der Waals surface area contributed by atoms with Gasteiger partial charge in [-0.05, 0) is 30.2 Å². The van der Waals surface area contributed by atoms with Gasteiger partial charge in [-0.1, -0.05) is 6.07 Å². The molecular weight excluding hydrogens is 263 g/mol. The lowest BCUT2D eigenvalue weighted by molar-refractivity contribution is -0.131. The minimum atomic E-state index is -1.08. The Bertz CT molecular complexity index is 572. The van der Waals surface area contributed by atoms with Crippen molar-refractivity contribution < 1.29 is 19.1 Å². The molecule has 2 rings (SSSR count). The van der Waals surface area contributed by atoms with Crippen molar-refractivity contribution in [3.8, 4) is 0 Å². The molecule has 1 aliphatic rings. The summed E-state index contributed by atoms with van der Waals surface area (Å²) >= 11 is 0. The molecule has 5 nitrogen and oxygen atoms in total. The van der Waals surface area contributed by atoms with Gasteiger partial charge in [-0.3, -0.25) is 4.79 Å². The van der Waals surface area contributed by atoms with E-state index in [4.69, 9.17) is 10.8 Å². The monoisotopic (exact) mass is 278 g/mol. The summed E-state index contributed by atoms with van der Waals surface area (Å²) < 4.78 is 14.0. The number of hydrogen-bond acceptors (Lipinski definition) is 3. The molecule has 0 saturated carbocycles. The molecular formula is C14H15FN2O3. The van der Waals surface area contributed by atoms with Gasteiger partial charge in [0.15, 0.2) is 0 Å². The van der Waals surface area contributed by atoms with Gasteiger partial charge in [0, 0.05) is 19.2 Å². The molecule has 0 aliphatic carbocycles. The fourth-order valence-electron chi connectivity index (χ4n) is 2.26. The van der Waals surface area contributed by atoms with Crippen LogP contribution in [0.5, 0.6) is 0 Å². The fourth-order valence-corrected chi connectivity index (χ4v) is 2.26. The molecule has 1 aliphatic heterocycles. The van der Waals surface area contributed by atoms with Crippen molar-refractivity contribution in [1.29, 1.82) is 0 Å². The fraction of sp³-hybridized carbons (Fsp3) is 0.286. The standard InChI is InChI=1S/C14H15FN2O3/c15-11-7-9(2-4-13(18)19)1-3-12(11)17-6-5-10(8-17)14(16)20/h1-4,7,10H,5-6,8H2,(H2,16,20)(H,18,19)/b4-2+. The van der Waals surface area contributed by atoms with Crippen LogP contribution in [0.3, 0.4) is 0 Å². The number of carboxylic acids is 1. The maximum atomic E-state index is 14.0. The molecule has 1 aromatic rings. The van der Waals surface area contributed by atoms with E-state index in [1.807, 2.05) is 0 Å². The lowest BCUT2D eigenvalue weighted by atomic mass is 10.1. The van der Waals surface area contributed by atoms with Crippen LogP contribution >= 0.6 is 0 Å². The van der Waals surface area contributed by atoms with E-state index in [1.54, 1.807) is 17.0 Å². The number of hydrogen-bond donors (Lipinski definition) is 2. The van der Waals surface area contributed by atoms with Gasteiger partial charge in [0.2, 0.25) is 5.91 Å². The first-order valence-electron chi connectivity index (χ1n) is 6.22. The number of nitrogens with zero attached hydrogens (tertiary/aromatic N) is 1. The Morgan fingerprint density at radius 1 is 1.45 bits per heavy atom. The highest BCUT2D eigenvalue weighted by molar-refractivity contribution is 5.85. The number of rotatable bonds is 4. The summed E-state index contributed by atoms with van der Waals surface area (Å²) in [7, 11) is 0. The lowest BCUT2D eigenvalue weighted by Crippen LogP contribution is -2.27. The molecule has 1 heterocycles. The number of carbonyl (C=O) groups excluding carboxylic acids is 1. The van der Waals surface area contributed by atoms with Crippen LogP contribution in [0.25, 0.3) is 6.08 Å². The first-order valence-corrected chi connectivity index (χ1v) is 6.22. The Morgan fingerprint density at radius 2 is 2.20 bits per heavy atom. The maximum absolute atomic E-state index is 14.0. The Balaban J connectivity index is 2.14. The van der Waals surface area contributed by atoms with E-state index in [1.165, 1.54) is 12.1 Å². The zero-order chi connectivity index (χ0) is 14.7. The predicted molar refractivity (Wildman–Crippen MR) is 72.6 cm³/mol. The van der Waals surface area contributed by atoms with E-state index < -0.39 is 11.8 Å². The second-order valence-electron chi connectivity index (χ2n) is 4.72. The maximum Gasteiger partial charge on any atom is 0.328 e. The Morgan fingerprint density at radius 3 is 2.75 bits per heavy atom. The van der Waals surface area contributed by atoms with E-state index in [0.29, 0.717) is 30.8 Å². The second kappa shape index (κ2) is 5.73. The number of carbonyl (C=O) groups is 2. The molecule has 0 spiro atoms. The summed E-state index contributed by atoms with van der Waals surface area (Å²) in [6.45, 7) is 0.991. The van der Waals surface area contributed by atoms with Gasteiger partial charge in [0.05, 0.1) is 11.6 Å². The van der Waals surface area contributed by atoms with E-state index >= 15 is 0 Å². The number of benzene rings is 1. The van der Waals surface area contributed by atoms with Crippen molar-refractivity contribution in [1.82, 2.24) is 0 Å². The number of nitrogens with two attached hydrogens (primary N) is 1. The van der Waals surface area contributed by atoms with Crippen LogP contribution in [-0.4, -0.2) is 30.1 Å². The van der Waals surface area contributed by atoms with Crippen LogP contribution in [-0.2, 0) is 9.59 Å². The third kappa shape index (κ3) is 3.14. The van der Waals surface area contributed by atoms with Gasteiger partial charge in [0.1, 0.15) is 5.82 Å². The summed E-state index contributed by atoms with van der Waals surface area (Å²) in [5, 5.41) is 8.52. The van der Waals surface area contributed by atoms with Gasteiger partial charge in [-0.15, -0.1) is 0 Å². The smallest absolute Gasteiger partial charge is 0.328 e. The summed E-state index contributed by atoms with van der Waals surface area (Å²) in [5.41, 5.74) is 6.12. The highest BCUT2D eigenvalue weighted by Gasteiger charge is 2.27. The normalized spacial score (nSPS) is 18.6. The molecule has 1 atom stereocenters. The first kappa shape index (κ1) is 14.0. The third-order valence-electron chi connectivity index (χ3n) is 3.32. The largest absolute Gasteiger partial charge is 0.478 e. The molecule has 1 aromatic carbocycles. The minimum absolute atomic E-state index is 0.249. The van der Waals surface area contributed by atoms with Crippen molar-refractivity contribution in [2.45, 2.75) is 6.42 Å². The van der Waals surface area contributed by atoms with Crippen molar-refractivity contribution in [2.24, 2.45) is 11.7 Å². The highest BCUT2D eigenvalue weighted by Crippen LogP contribution is 2.27. The Labute approximate surface area is 115 Å². The quantitative estimate of drug-likeness (QED) is 0.811. The van der Waals surface area contributed by atoms with Crippen LogP contribution in [0.15, 0.2) is 24.3 Å². The number of anilines is 1. The molecule has 20 heavy (non-hydrogen) atoms. The second-order valence-corrected chi connectivity index (χ2v) is 4.72. The lowest BCUT2D eigenvalue weighted by Gasteiger charge is -2.19. The molecule has 1 unspecified atom stereocenters. The van der Waals surface area contributed by atoms with Crippen LogP contribution < -0.4 is 10.6 Å². The molecule has 106 valence electrons. The summed E-state index contributed by atoms with van der Waals surface area (Å²) in [5.74, 6) is -2.14. The van der Waals surface area contributed by atoms with E-state index in [0.717, 1.165) is 6.08 Å². The molecule has 6 heteroatoms. The third-order valence-corrected chi connectivity index (χ3v) is 3.32. The van der Waals surface area contributed by atoms with Gasteiger partial charge in [0.25, 0.3) is 0 Å². The van der Waals surface area contributed by atoms with Gasteiger partial charge < -0.3 is 15.7 Å². The molecule has 0 radical (unpaired) electrons. The number of amides is 1. The SMILES string of the molecule is NC(=O)C1CCN(c2ccc(/C=C/C(=O)O)cc2F)C1. The Kier molecular flexibility index (Phi) is 4.02. The average Bonchev–Trinajstić information content (AvgIpc) is 2.86. The van der Waals surface area contributed by atoms with Crippen molar-refractivity contribution >= 4 is 23.6 Å². The zero-order valence-electron chi connectivity index (χ0n) is 10.8. The topological polar surface area (TPSA) is 83.6 Å². The molecule has 0 bridgehead atoms. The number of primary amides is 1. The predicted octanol–water partition coefficient (Wildman–Crippen LogP) is 1.24. The highest BCUT2D eigenvalue weighted by atomic mass is 19.1. The van der Waals surface area contributed by atoms with Gasteiger partial charge >= 0.3 is 5.97 Å².